The number of aryl methyl sites for hydroxylation is 1. The van der Waals surface area contributed by atoms with Crippen molar-refractivity contribution in [1.82, 2.24) is 14.9 Å². The van der Waals surface area contributed by atoms with Crippen LogP contribution in [0.2, 0.25) is 5.02 Å². The van der Waals surface area contributed by atoms with Crippen molar-refractivity contribution in [3.63, 3.8) is 0 Å². The summed E-state index contributed by atoms with van der Waals surface area (Å²) in [7, 11) is 3.06. The van der Waals surface area contributed by atoms with Crippen LogP contribution in [0, 0.1) is 24.1 Å². The topological polar surface area (TPSA) is 82.4 Å². The first-order valence-electron chi connectivity index (χ1n) is 9.21. The van der Waals surface area contributed by atoms with Gasteiger partial charge in [-0.2, -0.15) is 4.98 Å². The average molecular weight is 418 g/mol. The second-order valence-corrected chi connectivity index (χ2v) is 7.90. The Morgan fingerprint density at radius 3 is 2.76 bits per heavy atom. The van der Waals surface area contributed by atoms with E-state index >= 15 is 0 Å². The molecule has 1 aromatic heterocycles. The van der Waals surface area contributed by atoms with Crippen LogP contribution in [0.5, 0.6) is 5.88 Å². The van der Waals surface area contributed by atoms with Gasteiger partial charge in [0, 0.05) is 32.0 Å². The van der Waals surface area contributed by atoms with Crippen LogP contribution in [0.4, 0.5) is 10.3 Å². The number of aromatic nitrogens is 2. The highest BCUT2D eigenvalue weighted by molar-refractivity contribution is 6.32. The largest absolute Gasteiger partial charge is 0.480 e. The number of piperidine rings is 1. The Morgan fingerprint density at radius 1 is 1.34 bits per heavy atom. The van der Waals surface area contributed by atoms with Crippen LogP contribution in [0.3, 0.4) is 0 Å². The van der Waals surface area contributed by atoms with Gasteiger partial charge in [0.1, 0.15) is 16.7 Å². The molecule has 0 bridgehead atoms. The number of halogens is 2. The Labute approximate surface area is 173 Å². The number of benzene rings is 1. The molecule has 2 fully saturated rings. The number of hydrogen-bond donors (Lipinski definition) is 1. The highest BCUT2D eigenvalue weighted by Gasteiger charge is 2.57. The fraction of sp³-hybridized carbons (Fsp3) is 0.400. The van der Waals surface area contributed by atoms with Crippen LogP contribution in [-0.2, 0) is 10.2 Å². The van der Waals surface area contributed by atoms with Crippen LogP contribution in [0.15, 0.2) is 24.3 Å². The Balaban J connectivity index is 1.83. The summed E-state index contributed by atoms with van der Waals surface area (Å²) in [5.41, 5.74) is 0.131. The lowest BCUT2D eigenvalue weighted by atomic mass is 9.67. The molecule has 0 spiro atoms. The number of hydrogen-bond acceptors (Lipinski definition) is 6. The van der Waals surface area contributed by atoms with Gasteiger partial charge in [0.05, 0.1) is 18.7 Å². The number of fused-ring (bicyclic) bond motifs is 1. The lowest BCUT2D eigenvalue weighted by Crippen LogP contribution is -2.54. The third-order valence-electron chi connectivity index (χ3n) is 5.92. The molecule has 2 saturated heterocycles. The van der Waals surface area contributed by atoms with Gasteiger partial charge in [0.2, 0.25) is 17.7 Å². The monoisotopic (exact) mass is 417 g/mol. The number of nitrogens with one attached hydrogen (secondary N) is 1. The normalized spacial score (nSPS) is 24.1. The minimum absolute atomic E-state index is 0.169. The van der Waals surface area contributed by atoms with Gasteiger partial charge >= 0.3 is 0 Å². The summed E-state index contributed by atoms with van der Waals surface area (Å²) in [4.78, 5) is 25.1. The molecule has 1 aromatic carbocycles. The van der Waals surface area contributed by atoms with E-state index in [0.717, 1.165) is 0 Å². The Morgan fingerprint density at radius 2 is 2.07 bits per heavy atom. The second kappa shape index (κ2) is 6.95. The fourth-order valence-electron chi connectivity index (χ4n) is 4.37. The number of carbonyl (C=O) groups is 1. The van der Waals surface area contributed by atoms with Crippen LogP contribution in [0.1, 0.15) is 17.7 Å². The SMILES string of the molecule is COc1nc(N2C[C@H]3C(=O)N(C)C(=N)C[C@@]3(c3ccccc3F)C2)nc(C)c1Cl. The molecule has 0 unspecified atom stereocenters. The van der Waals surface area contributed by atoms with Crippen molar-refractivity contribution < 1.29 is 13.9 Å². The molecule has 2 aromatic rings. The van der Waals surface area contributed by atoms with E-state index in [2.05, 4.69) is 9.97 Å². The van der Waals surface area contributed by atoms with Gasteiger partial charge in [0.15, 0.2) is 0 Å². The van der Waals surface area contributed by atoms with Gasteiger partial charge in [0.25, 0.3) is 0 Å². The molecule has 0 radical (unpaired) electrons. The maximum atomic E-state index is 14.8. The molecule has 1 N–H and O–H groups in total. The third-order valence-corrected chi connectivity index (χ3v) is 6.36. The van der Waals surface area contributed by atoms with Crippen LogP contribution >= 0.6 is 11.6 Å². The van der Waals surface area contributed by atoms with E-state index in [1.54, 1.807) is 32.2 Å². The molecule has 0 aliphatic carbocycles. The van der Waals surface area contributed by atoms with E-state index in [1.807, 2.05) is 4.90 Å². The highest BCUT2D eigenvalue weighted by Crippen LogP contribution is 2.47. The van der Waals surface area contributed by atoms with E-state index in [1.165, 1.54) is 18.1 Å². The van der Waals surface area contributed by atoms with Gasteiger partial charge < -0.3 is 14.5 Å². The molecule has 2 aliphatic rings. The number of amides is 1. The predicted molar refractivity (Wildman–Crippen MR) is 107 cm³/mol. The van der Waals surface area contributed by atoms with Crippen molar-refractivity contribution in [2.45, 2.75) is 18.8 Å². The lowest BCUT2D eigenvalue weighted by molar-refractivity contribution is -0.133. The molecule has 0 saturated carbocycles. The Kier molecular flexibility index (Phi) is 4.69. The number of amidine groups is 1. The molecule has 7 nitrogen and oxygen atoms in total. The van der Waals surface area contributed by atoms with Gasteiger partial charge in [-0.3, -0.25) is 10.2 Å². The lowest BCUT2D eigenvalue weighted by Gasteiger charge is -2.41. The zero-order valence-electron chi connectivity index (χ0n) is 16.4. The molecule has 3 heterocycles. The predicted octanol–water partition coefficient (Wildman–Crippen LogP) is 2.80. The van der Waals surface area contributed by atoms with E-state index < -0.39 is 11.3 Å². The van der Waals surface area contributed by atoms with Crippen molar-refractivity contribution >= 4 is 29.3 Å². The summed E-state index contributed by atoms with van der Waals surface area (Å²) in [6.07, 6.45) is 0.251. The molecule has 2 aliphatic heterocycles. The minimum atomic E-state index is -0.865. The first kappa shape index (κ1) is 19.6. The average Bonchev–Trinajstić information content (AvgIpc) is 3.09. The summed E-state index contributed by atoms with van der Waals surface area (Å²) in [6, 6.07) is 6.47. The van der Waals surface area contributed by atoms with Crippen molar-refractivity contribution in [2.75, 3.05) is 32.1 Å². The highest BCUT2D eigenvalue weighted by atomic mass is 35.5. The van der Waals surface area contributed by atoms with Crippen LogP contribution < -0.4 is 9.64 Å². The standard InChI is InChI=1S/C20H21ClFN5O2/c1-11-16(21)17(29-3)25-19(24-11)27-9-13-18(28)26(2)15(23)8-20(13,10-27)12-6-4-5-7-14(12)22/h4-7,13,23H,8-10H2,1-3H3/t13-,20-/m0/s1. The van der Waals surface area contributed by atoms with E-state index in [9.17, 15) is 9.18 Å². The van der Waals surface area contributed by atoms with Crippen LogP contribution in [-0.4, -0.2) is 53.9 Å². The number of rotatable bonds is 3. The zero-order valence-corrected chi connectivity index (χ0v) is 17.1. The molecule has 1 amide bonds. The molecular formula is C20H21ClFN5O2. The van der Waals surface area contributed by atoms with Crippen molar-refractivity contribution in [1.29, 1.82) is 5.41 Å². The number of anilines is 1. The molecule has 152 valence electrons. The minimum Gasteiger partial charge on any atom is -0.480 e. The summed E-state index contributed by atoms with van der Waals surface area (Å²) in [6.45, 7) is 2.38. The maximum absolute atomic E-state index is 14.8. The fourth-order valence-corrected chi connectivity index (χ4v) is 4.53. The Bertz CT molecular complexity index is 1020. The first-order chi connectivity index (χ1) is 13.8. The number of likely N-dealkylation sites (tertiary alicyclic amines) is 1. The summed E-state index contributed by atoms with van der Waals surface area (Å²) in [5.74, 6) is -0.317. The van der Waals surface area contributed by atoms with Crippen molar-refractivity contribution in [3.8, 4) is 5.88 Å². The quantitative estimate of drug-likeness (QED) is 0.830. The van der Waals surface area contributed by atoms with Gasteiger partial charge in [-0.15, -0.1) is 0 Å². The summed E-state index contributed by atoms with van der Waals surface area (Å²) < 4.78 is 20.1. The molecule has 9 heteroatoms. The molecule has 4 rings (SSSR count). The second-order valence-electron chi connectivity index (χ2n) is 7.52. The van der Waals surface area contributed by atoms with Crippen LogP contribution in [0.25, 0.3) is 0 Å². The van der Waals surface area contributed by atoms with Crippen molar-refractivity contribution in [2.24, 2.45) is 5.92 Å². The van der Waals surface area contributed by atoms with E-state index in [0.29, 0.717) is 35.3 Å². The molecular weight excluding hydrogens is 397 g/mol. The van der Waals surface area contributed by atoms with E-state index in [4.69, 9.17) is 21.7 Å². The van der Waals surface area contributed by atoms with Gasteiger partial charge in [-0.05, 0) is 18.6 Å². The van der Waals surface area contributed by atoms with E-state index in [-0.39, 0.29) is 29.9 Å². The maximum Gasteiger partial charge on any atom is 0.237 e. The van der Waals surface area contributed by atoms with Gasteiger partial charge in [-0.1, -0.05) is 29.8 Å². The zero-order chi connectivity index (χ0) is 20.9. The summed E-state index contributed by atoms with van der Waals surface area (Å²) >= 11 is 6.19. The number of carbonyl (C=O) groups excluding carboxylic acids is 1. The first-order valence-corrected chi connectivity index (χ1v) is 9.59. The Hall–Kier alpha value is -2.74. The molecule has 29 heavy (non-hydrogen) atoms. The smallest absolute Gasteiger partial charge is 0.237 e. The number of ether oxygens (including phenoxy) is 1. The van der Waals surface area contributed by atoms with Gasteiger partial charge in [-0.25, -0.2) is 9.37 Å². The number of nitrogens with zero attached hydrogens (tertiary/aromatic N) is 4. The number of methoxy groups -OCH3 is 1. The third kappa shape index (κ3) is 2.93. The summed E-state index contributed by atoms with van der Waals surface area (Å²) in [5, 5.41) is 8.64. The molecule has 2 atom stereocenters. The van der Waals surface area contributed by atoms with Crippen molar-refractivity contribution in [3.05, 3.63) is 46.4 Å².